The molecule has 0 atom stereocenters. The van der Waals surface area contributed by atoms with Crippen molar-refractivity contribution in [3.05, 3.63) is 65.5 Å². The van der Waals surface area contributed by atoms with Crippen LogP contribution in [-0.2, 0) is 17.8 Å². The second-order valence-corrected chi connectivity index (χ2v) is 5.63. The van der Waals surface area contributed by atoms with Crippen LogP contribution in [0.3, 0.4) is 0 Å². The summed E-state index contributed by atoms with van der Waals surface area (Å²) in [6.45, 7) is 4.64. The van der Waals surface area contributed by atoms with E-state index < -0.39 is 0 Å². The average molecular weight is 359 g/mol. The summed E-state index contributed by atoms with van der Waals surface area (Å²) < 4.78 is 24.3. The molecular weight excluding hydrogens is 333 g/mol. The third kappa shape index (κ3) is 6.72. The Morgan fingerprint density at radius 1 is 1.08 bits per heavy atom. The monoisotopic (exact) mass is 359 g/mol. The molecule has 6 heteroatoms. The third-order valence-electron chi connectivity index (χ3n) is 3.62. The summed E-state index contributed by atoms with van der Waals surface area (Å²) in [7, 11) is 1.64. The van der Waals surface area contributed by atoms with Gasteiger partial charge in [0.1, 0.15) is 18.2 Å². The van der Waals surface area contributed by atoms with Gasteiger partial charge >= 0.3 is 0 Å². The van der Waals surface area contributed by atoms with Crippen LogP contribution in [0.2, 0.25) is 0 Å². The van der Waals surface area contributed by atoms with Gasteiger partial charge in [0.05, 0.1) is 13.2 Å². The molecule has 0 aliphatic carbocycles. The first-order valence-electron chi connectivity index (χ1n) is 8.69. The lowest BCUT2D eigenvalue weighted by Crippen LogP contribution is -2.37. The molecule has 140 valence electrons. The predicted molar refractivity (Wildman–Crippen MR) is 102 cm³/mol. The van der Waals surface area contributed by atoms with Gasteiger partial charge in [-0.3, -0.25) is 0 Å². The topological polar surface area (TPSA) is 54.9 Å². The first-order valence-corrected chi connectivity index (χ1v) is 8.69. The van der Waals surface area contributed by atoms with Crippen LogP contribution in [0, 0.1) is 5.82 Å². The van der Waals surface area contributed by atoms with Gasteiger partial charge < -0.3 is 20.1 Å². The van der Waals surface area contributed by atoms with E-state index in [-0.39, 0.29) is 5.82 Å². The fraction of sp³-hybridized carbons (Fsp3) is 0.350. The molecule has 0 fully saturated rings. The van der Waals surface area contributed by atoms with Crippen molar-refractivity contribution in [2.24, 2.45) is 4.99 Å². The van der Waals surface area contributed by atoms with Crippen molar-refractivity contribution in [3.63, 3.8) is 0 Å². The highest BCUT2D eigenvalue weighted by Crippen LogP contribution is 2.14. The number of guanidine groups is 1. The molecule has 2 rings (SSSR count). The van der Waals surface area contributed by atoms with Crippen molar-refractivity contribution in [2.75, 3.05) is 26.9 Å². The number of methoxy groups -OCH3 is 1. The van der Waals surface area contributed by atoms with Gasteiger partial charge in [-0.2, -0.15) is 0 Å². The summed E-state index contributed by atoms with van der Waals surface area (Å²) in [5.74, 6) is 1.21. The van der Waals surface area contributed by atoms with E-state index in [1.54, 1.807) is 19.2 Å². The van der Waals surface area contributed by atoms with Crippen LogP contribution < -0.4 is 15.4 Å². The molecule has 0 bridgehead atoms. The molecule has 26 heavy (non-hydrogen) atoms. The fourth-order valence-electron chi connectivity index (χ4n) is 2.31. The predicted octanol–water partition coefficient (Wildman–Crippen LogP) is 3.11. The minimum absolute atomic E-state index is 0.225. The van der Waals surface area contributed by atoms with Crippen LogP contribution in [0.25, 0.3) is 0 Å². The summed E-state index contributed by atoms with van der Waals surface area (Å²) in [6.07, 6.45) is 0. The van der Waals surface area contributed by atoms with E-state index in [1.165, 1.54) is 6.07 Å². The molecule has 0 saturated heterocycles. The molecule has 0 saturated carbocycles. The number of nitrogens with zero attached hydrogens (tertiary/aromatic N) is 1. The molecule has 0 unspecified atom stereocenters. The number of nitrogens with one attached hydrogen (secondary N) is 2. The highest BCUT2D eigenvalue weighted by Gasteiger charge is 2.03. The second-order valence-electron chi connectivity index (χ2n) is 5.63. The molecule has 0 aliphatic heterocycles. The molecule has 0 aliphatic rings. The van der Waals surface area contributed by atoms with Gasteiger partial charge in [-0.25, -0.2) is 9.38 Å². The van der Waals surface area contributed by atoms with Crippen molar-refractivity contribution in [2.45, 2.75) is 20.0 Å². The van der Waals surface area contributed by atoms with Crippen molar-refractivity contribution >= 4 is 5.96 Å². The number of ether oxygens (including phenoxy) is 2. The molecule has 2 aromatic rings. The molecule has 0 aromatic heterocycles. The van der Waals surface area contributed by atoms with Crippen molar-refractivity contribution < 1.29 is 13.9 Å². The van der Waals surface area contributed by atoms with Crippen LogP contribution in [-0.4, -0.2) is 32.8 Å². The Labute approximate surface area is 154 Å². The summed E-state index contributed by atoms with van der Waals surface area (Å²) >= 11 is 0. The normalized spacial score (nSPS) is 11.3. The number of halogens is 1. The summed E-state index contributed by atoms with van der Waals surface area (Å²) in [6, 6.07) is 14.5. The minimum Gasteiger partial charge on any atom is -0.491 e. The summed E-state index contributed by atoms with van der Waals surface area (Å²) in [5.41, 5.74) is 1.63. The standard InChI is InChI=1S/C20H26FN3O2/c1-3-22-20(24-15-17-8-4-5-10-19(17)21)23-14-16-7-6-9-18(13-16)26-12-11-25-2/h4-10,13H,3,11-12,14-15H2,1-2H3,(H2,22,23,24). The number of benzene rings is 2. The minimum atomic E-state index is -0.225. The van der Waals surface area contributed by atoms with Crippen LogP contribution >= 0.6 is 0 Å². The second kappa shape index (κ2) is 11.1. The van der Waals surface area contributed by atoms with Gasteiger partial charge in [-0.05, 0) is 30.7 Å². The van der Waals surface area contributed by atoms with Crippen LogP contribution in [0.15, 0.2) is 53.5 Å². The highest BCUT2D eigenvalue weighted by molar-refractivity contribution is 5.79. The first-order chi connectivity index (χ1) is 12.7. The third-order valence-corrected chi connectivity index (χ3v) is 3.62. The van der Waals surface area contributed by atoms with Gasteiger partial charge in [0.2, 0.25) is 0 Å². The lowest BCUT2D eigenvalue weighted by Gasteiger charge is -2.12. The van der Waals surface area contributed by atoms with Crippen molar-refractivity contribution in [1.82, 2.24) is 10.6 Å². The molecule has 5 nitrogen and oxygen atoms in total. The van der Waals surface area contributed by atoms with Gasteiger partial charge in [0.15, 0.2) is 5.96 Å². The van der Waals surface area contributed by atoms with Crippen molar-refractivity contribution in [3.8, 4) is 5.75 Å². The average Bonchev–Trinajstić information content (AvgIpc) is 2.66. The molecule has 2 N–H and O–H groups in total. The van der Waals surface area contributed by atoms with Crippen LogP contribution in [0.4, 0.5) is 4.39 Å². The van der Waals surface area contributed by atoms with E-state index in [0.717, 1.165) is 17.9 Å². The molecule has 0 spiro atoms. The Kier molecular flexibility index (Phi) is 8.42. The molecule has 0 heterocycles. The van der Waals surface area contributed by atoms with Gasteiger partial charge in [-0.15, -0.1) is 0 Å². The van der Waals surface area contributed by atoms with E-state index in [4.69, 9.17) is 9.47 Å². The Hall–Kier alpha value is -2.60. The fourth-order valence-corrected chi connectivity index (χ4v) is 2.31. The maximum atomic E-state index is 13.7. The smallest absolute Gasteiger partial charge is 0.191 e. The highest BCUT2D eigenvalue weighted by atomic mass is 19.1. The number of rotatable bonds is 9. The lowest BCUT2D eigenvalue weighted by atomic mass is 10.2. The Balaban J connectivity index is 1.95. The van der Waals surface area contributed by atoms with Crippen LogP contribution in [0.5, 0.6) is 5.75 Å². The lowest BCUT2D eigenvalue weighted by molar-refractivity contribution is 0.146. The Morgan fingerprint density at radius 3 is 2.69 bits per heavy atom. The molecule has 0 amide bonds. The van der Waals surface area contributed by atoms with Gasteiger partial charge in [-0.1, -0.05) is 30.3 Å². The van der Waals surface area contributed by atoms with Gasteiger partial charge in [0, 0.05) is 25.8 Å². The zero-order valence-corrected chi connectivity index (χ0v) is 15.3. The van der Waals surface area contributed by atoms with Gasteiger partial charge in [0.25, 0.3) is 0 Å². The molecule has 2 aromatic carbocycles. The summed E-state index contributed by atoms with van der Waals surface area (Å²) in [4.78, 5) is 4.56. The SMILES string of the molecule is CCNC(=NCc1cccc(OCCOC)c1)NCc1ccccc1F. The molecular formula is C20H26FN3O2. The van der Waals surface area contributed by atoms with E-state index in [9.17, 15) is 4.39 Å². The maximum absolute atomic E-state index is 13.7. The Bertz CT molecular complexity index is 707. The van der Waals surface area contributed by atoms with E-state index >= 15 is 0 Å². The zero-order valence-electron chi connectivity index (χ0n) is 15.3. The van der Waals surface area contributed by atoms with Crippen LogP contribution in [0.1, 0.15) is 18.1 Å². The maximum Gasteiger partial charge on any atom is 0.191 e. The summed E-state index contributed by atoms with van der Waals surface area (Å²) in [5, 5.41) is 6.32. The zero-order chi connectivity index (χ0) is 18.6. The number of hydrogen-bond acceptors (Lipinski definition) is 3. The largest absolute Gasteiger partial charge is 0.491 e. The van der Waals surface area contributed by atoms with E-state index in [0.29, 0.717) is 37.8 Å². The first kappa shape index (κ1) is 19.7. The van der Waals surface area contributed by atoms with Crippen molar-refractivity contribution in [1.29, 1.82) is 0 Å². The van der Waals surface area contributed by atoms with E-state index in [2.05, 4.69) is 15.6 Å². The number of aliphatic imine (C=N–C) groups is 1. The van der Waals surface area contributed by atoms with E-state index in [1.807, 2.05) is 37.3 Å². The molecule has 0 radical (unpaired) electrons. The Morgan fingerprint density at radius 2 is 1.92 bits per heavy atom. The number of hydrogen-bond donors (Lipinski definition) is 2. The quantitative estimate of drug-likeness (QED) is 0.410.